The lowest BCUT2D eigenvalue weighted by molar-refractivity contribution is -0.135. The van der Waals surface area contributed by atoms with E-state index in [4.69, 9.17) is 0 Å². The van der Waals surface area contributed by atoms with E-state index in [1.54, 1.807) is 6.92 Å². The maximum absolute atomic E-state index is 11.3. The van der Waals surface area contributed by atoms with E-state index in [1.807, 2.05) is 16.7 Å². The lowest BCUT2D eigenvalue weighted by atomic mass is 10.3. The summed E-state index contributed by atoms with van der Waals surface area (Å²) in [7, 11) is 0. The number of carbonyl (C=O) groups is 1. The van der Waals surface area contributed by atoms with Crippen LogP contribution in [0.15, 0.2) is 0 Å². The number of piperazine rings is 1. The number of rotatable bonds is 2. The predicted octanol–water partition coefficient (Wildman–Crippen LogP) is 0.317. The van der Waals surface area contributed by atoms with Crippen molar-refractivity contribution < 1.29 is 9.90 Å². The highest BCUT2D eigenvalue weighted by Gasteiger charge is 2.22. The molecular weight excluding hydrogens is 168 g/mol. The van der Waals surface area contributed by atoms with Crippen LogP contribution in [0.5, 0.6) is 0 Å². The van der Waals surface area contributed by atoms with Gasteiger partial charge in [0.2, 0.25) is 5.91 Å². The van der Waals surface area contributed by atoms with Gasteiger partial charge in [-0.2, -0.15) is 0 Å². The van der Waals surface area contributed by atoms with Gasteiger partial charge in [-0.05, 0) is 6.92 Å². The SMILES string of the molecule is CCC(=O)N1CCN(C(C)[O])CC1. The Bertz CT molecular complexity index is 174. The first kappa shape index (κ1) is 10.5. The molecule has 4 heteroatoms. The molecule has 0 aliphatic carbocycles. The van der Waals surface area contributed by atoms with Crippen molar-refractivity contribution in [3.8, 4) is 0 Å². The van der Waals surface area contributed by atoms with Gasteiger partial charge in [-0.1, -0.05) is 6.92 Å². The van der Waals surface area contributed by atoms with Crippen LogP contribution >= 0.6 is 0 Å². The molecule has 1 unspecified atom stereocenters. The quantitative estimate of drug-likeness (QED) is 0.621. The first-order valence-corrected chi connectivity index (χ1v) is 4.82. The average Bonchev–Trinajstić information content (AvgIpc) is 2.17. The molecule has 0 aromatic rings. The zero-order valence-corrected chi connectivity index (χ0v) is 8.32. The standard InChI is InChI=1S/C9H17N2O2/c1-3-9(13)11-6-4-10(5-7-11)8(2)12/h8H,3-7H2,1-2H3. The van der Waals surface area contributed by atoms with Crippen LogP contribution in [0, 0.1) is 0 Å². The molecule has 0 aromatic heterocycles. The molecule has 75 valence electrons. The molecule has 4 nitrogen and oxygen atoms in total. The molecular formula is C9H17N2O2. The first-order chi connectivity index (χ1) is 6.15. The molecule has 1 rings (SSSR count). The monoisotopic (exact) mass is 185 g/mol. The maximum Gasteiger partial charge on any atom is 0.222 e. The molecule has 0 N–H and O–H groups in total. The van der Waals surface area contributed by atoms with E-state index < -0.39 is 6.23 Å². The van der Waals surface area contributed by atoms with E-state index >= 15 is 0 Å². The molecule has 0 aromatic carbocycles. The minimum absolute atomic E-state index is 0.193. The lowest BCUT2D eigenvalue weighted by Crippen LogP contribution is -2.50. The molecule has 1 aliphatic heterocycles. The summed E-state index contributed by atoms with van der Waals surface area (Å²) >= 11 is 0. The molecule has 1 atom stereocenters. The molecule has 0 bridgehead atoms. The molecule has 1 fully saturated rings. The van der Waals surface area contributed by atoms with Crippen molar-refractivity contribution >= 4 is 5.91 Å². The summed E-state index contributed by atoms with van der Waals surface area (Å²) in [5, 5.41) is 11.1. The van der Waals surface area contributed by atoms with Gasteiger partial charge in [-0.25, -0.2) is 5.11 Å². The summed E-state index contributed by atoms with van der Waals surface area (Å²) in [5.74, 6) is 0.193. The highest BCUT2D eigenvalue weighted by atomic mass is 16.3. The molecule has 1 saturated heterocycles. The number of nitrogens with zero attached hydrogens (tertiary/aromatic N) is 2. The Morgan fingerprint density at radius 2 is 1.85 bits per heavy atom. The number of hydrogen-bond donors (Lipinski definition) is 0. The third-order valence-corrected chi connectivity index (χ3v) is 2.48. The van der Waals surface area contributed by atoms with Crippen molar-refractivity contribution in [2.45, 2.75) is 26.5 Å². The van der Waals surface area contributed by atoms with E-state index in [-0.39, 0.29) is 5.91 Å². The highest BCUT2D eigenvalue weighted by molar-refractivity contribution is 5.75. The first-order valence-electron chi connectivity index (χ1n) is 4.82. The second-order valence-corrected chi connectivity index (χ2v) is 3.37. The maximum atomic E-state index is 11.3. The average molecular weight is 185 g/mol. The van der Waals surface area contributed by atoms with Crippen LogP contribution in [0.4, 0.5) is 0 Å². The van der Waals surface area contributed by atoms with E-state index in [2.05, 4.69) is 0 Å². The molecule has 1 heterocycles. The minimum atomic E-state index is -0.640. The molecule has 0 saturated carbocycles. The third-order valence-electron chi connectivity index (χ3n) is 2.48. The summed E-state index contributed by atoms with van der Waals surface area (Å²) in [6, 6.07) is 0. The Morgan fingerprint density at radius 1 is 1.31 bits per heavy atom. The van der Waals surface area contributed by atoms with Crippen LogP contribution in [0.3, 0.4) is 0 Å². The Labute approximate surface area is 79.1 Å². The number of amides is 1. The summed E-state index contributed by atoms with van der Waals surface area (Å²) in [6.07, 6.45) is -0.0775. The van der Waals surface area contributed by atoms with Gasteiger partial charge in [-0.15, -0.1) is 0 Å². The van der Waals surface area contributed by atoms with Crippen molar-refractivity contribution in [1.29, 1.82) is 0 Å². The van der Waals surface area contributed by atoms with Gasteiger partial charge in [0.05, 0.1) is 0 Å². The van der Waals surface area contributed by atoms with Crippen molar-refractivity contribution in [2.24, 2.45) is 0 Å². The Morgan fingerprint density at radius 3 is 2.23 bits per heavy atom. The van der Waals surface area contributed by atoms with Crippen LogP contribution in [0.25, 0.3) is 0 Å². The Balaban J connectivity index is 2.34. The molecule has 1 aliphatic rings. The summed E-state index contributed by atoms with van der Waals surface area (Å²) < 4.78 is 0. The number of carbonyl (C=O) groups excluding carboxylic acids is 1. The topological polar surface area (TPSA) is 43.5 Å². The van der Waals surface area contributed by atoms with Crippen LogP contribution in [-0.2, 0) is 9.90 Å². The van der Waals surface area contributed by atoms with Crippen LogP contribution < -0.4 is 0 Å². The Hall–Kier alpha value is -0.610. The summed E-state index contributed by atoms with van der Waals surface area (Å²) in [5.41, 5.74) is 0. The van der Waals surface area contributed by atoms with Gasteiger partial charge in [0.25, 0.3) is 0 Å². The van der Waals surface area contributed by atoms with Crippen molar-refractivity contribution in [1.82, 2.24) is 9.80 Å². The largest absolute Gasteiger partial charge is 0.340 e. The van der Waals surface area contributed by atoms with Crippen LogP contribution in [0.1, 0.15) is 20.3 Å². The highest BCUT2D eigenvalue weighted by Crippen LogP contribution is 2.05. The second kappa shape index (κ2) is 4.58. The lowest BCUT2D eigenvalue weighted by Gasteiger charge is -2.35. The van der Waals surface area contributed by atoms with Gasteiger partial charge in [0, 0.05) is 32.6 Å². The minimum Gasteiger partial charge on any atom is -0.340 e. The van der Waals surface area contributed by atoms with Gasteiger partial charge >= 0.3 is 0 Å². The molecule has 13 heavy (non-hydrogen) atoms. The molecule has 0 spiro atoms. The van der Waals surface area contributed by atoms with Crippen molar-refractivity contribution in [2.75, 3.05) is 26.2 Å². The summed E-state index contributed by atoms with van der Waals surface area (Å²) in [6.45, 7) is 6.37. The Kier molecular flexibility index (Phi) is 3.69. The number of hydrogen-bond acceptors (Lipinski definition) is 2. The fourth-order valence-electron chi connectivity index (χ4n) is 1.56. The van der Waals surface area contributed by atoms with E-state index in [1.165, 1.54) is 0 Å². The molecule has 1 amide bonds. The van der Waals surface area contributed by atoms with Gasteiger partial charge in [0.1, 0.15) is 6.23 Å². The summed E-state index contributed by atoms with van der Waals surface area (Å²) in [4.78, 5) is 15.0. The van der Waals surface area contributed by atoms with E-state index in [0.717, 1.165) is 13.1 Å². The van der Waals surface area contributed by atoms with Gasteiger partial charge in [-0.3, -0.25) is 9.69 Å². The van der Waals surface area contributed by atoms with Gasteiger partial charge in [0.15, 0.2) is 0 Å². The van der Waals surface area contributed by atoms with Gasteiger partial charge < -0.3 is 4.90 Å². The fourth-order valence-corrected chi connectivity index (χ4v) is 1.56. The smallest absolute Gasteiger partial charge is 0.222 e. The normalized spacial score (nSPS) is 21.6. The molecule has 1 radical (unpaired) electrons. The van der Waals surface area contributed by atoms with Crippen molar-refractivity contribution in [3.63, 3.8) is 0 Å². The fraction of sp³-hybridized carbons (Fsp3) is 0.889. The van der Waals surface area contributed by atoms with E-state index in [0.29, 0.717) is 19.5 Å². The van der Waals surface area contributed by atoms with E-state index in [9.17, 15) is 9.90 Å². The van der Waals surface area contributed by atoms with Crippen LogP contribution in [-0.4, -0.2) is 48.1 Å². The zero-order chi connectivity index (χ0) is 9.84. The van der Waals surface area contributed by atoms with Crippen LogP contribution in [0.2, 0.25) is 0 Å². The third kappa shape index (κ3) is 2.67. The zero-order valence-electron chi connectivity index (χ0n) is 8.32. The second-order valence-electron chi connectivity index (χ2n) is 3.37. The van der Waals surface area contributed by atoms with Crippen molar-refractivity contribution in [3.05, 3.63) is 0 Å². The predicted molar refractivity (Wildman–Crippen MR) is 48.6 cm³/mol.